The zero-order chi connectivity index (χ0) is 15.4. The minimum absolute atomic E-state index is 0.117. The molecular formula is C15H15ClN2O3. The lowest BCUT2D eigenvalue weighted by molar-refractivity contribution is 0.101. The second-order valence-corrected chi connectivity index (χ2v) is 4.96. The van der Waals surface area contributed by atoms with E-state index in [2.05, 4.69) is 5.10 Å². The molecule has 0 spiro atoms. The van der Waals surface area contributed by atoms with E-state index >= 15 is 0 Å². The van der Waals surface area contributed by atoms with Gasteiger partial charge in [-0.1, -0.05) is 23.7 Å². The van der Waals surface area contributed by atoms with Crippen LogP contribution in [-0.2, 0) is 11.3 Å². The number of benzene rings is 1. The second kappa shape index (κ2) is 6.65. The Morgan fingerprint density at radius 1 is 1.33 bits per heavy atom. The molecule has 2 rings (SSSR count). The van der Waals surface area contributed by atoms with E-state index in [1.807, 2.05) is 0 Å². The van der Waals surface area contributed by atoms with Crippen molar-refractivity contribution < 1.29 is 9.53 Å². The third-order valence-electron chi connectivity index (χ3n) is 3.00. The Labute approximate surface area is 127 Å². The third kappa shape index (κ3) is 3.56. The van der Waals surface area contributed by atoms with Gasteiger partial charge in [0.2, 0.25) is 0 Å². The number of halogens is 1. The van der Waals surface area contributed by atoms with Crippen LogP contribution in [0.15, 0.2) is 35.1 Å². The average molecular weight is 307 g/mol. The van der Waals surface area contributed by atoms with Gasteiger partial charge < -0.3 is 4.74 Å². The van der Waals surface area contributed by atoms with Crippen LogP contribution >= 0.6 is 11.6 Å². The SMILES string of the molecule is COCCn1nc(-c2ccc(Cl)cc2)cc(C(C)=O)c1=O. The number of carbonyl (C=O) groups is 1. The summed E-state index contributed by atoms with van der Waals surface area (Å²) in [5, 5.41) is 4.89. The summed E-state index contributed by atoms with van der Waals surface area (Å²) >= 11 is 5.86. The van der Waals surface area contributed by atoms with Crippen molar-refractivity contribution in [2.24, 2.45) is 0 Å². The zero-order valence-electron chi connectivity index (χ0n) is 11.8. The molecule has 0 atom stereocenters. The van der Waals surface area contributed by atoms with Crippen molar-refractivity contribution in [3.8, 4) is 11.3 Å². The maximum Gasteiger partial charge on any atom is 0.277 e. The summed E-state index contributed by atoms with van der Waals surface area (Å²) in [6, 6.07) is 8.56. The number of Topliss-reactive ketones (excluding diaryl/α,β-unsaturated/α-hetero) is 1. The number of rotatable bonds is 5. The number of nitrogens with zero attached hydrogens (tertiary/aromatic N) is 2. The lowest BCUT2D eigenvalue weighted by atomic mass is 10.1. The molecule has 0 saturated carbocycles. The molecule has 0 aliphatic carbocycles. The molecular weight excluding hydrogens is 292 g/mol. The molecule has 5 nitrogen and oxygen atoms in total. The summed E-state index contributed by atoms with van der Waals surface area (Å²) in [7, 11) is 1.54. The highest BCUT2D eigenvalue weighted by molar-refractivity contribution is 6.30. The van der Waals surface area contributed by atoms with Gasteiger partial charge in [0, 0.05) is 17.7 Å². The van der Waals surface area contributed by atoms with Crippen LogP contribution < -0.4 is 5.56 Å². The number of hydrogen-bond acceptors (Lipinski definition) is 4. The normalized spacial score (nSPS) is 10.6. The first-order chi connectivity index (χ1) is 10.0. The molecule has 0 bridgehead atoms. The van der Waals surface area contributed by atoms with E-state index in [-0.39, 0.29) is 17.9 Å². The summed E-state index contributed by atoms with van der Waals surface area (Å²) in [5.74, 6) is -0.288. The highest BCUT2D eigenvalue weighted by Crippen LogP contribution is 2.19. The fourth-order valence-corrected chi connectivity index (χ4v) is 2.01. The summed E-state index contributed by atoms with van der Waals surface area (Å²) in [6.45, 7) is 1.99. The fourth-order valence-electron chi connectivity index (χ4n) is 1.89. The first kappa shape index (κ1) is 15.4. The molecule has 1 aromatic carbocycles. The molecule has 0 radical (unpaired) electrons. The number of ketones is 1. The van der Waals surface area contributed by atoms with Crippen LogP contribution in [0.1, 0.15) is 17.3 Å². The Hall–Kier alpha value is -1.98. The highest BCUT2D eigenvalue weighted by atomic mass is 35.5. The molecule has 1 heterocycles. The van der Waals surface area contributed by atoms with Crippen LogP contribution in [0.25, 0.3) is 11.3 Å². The number of ether oxygens (including phenoxy) is 1. The Morgan fingerprint density at radius 2 is 2.00 bits per heavy atom. The maximum absolute atomic E-state index is 12.2. The van der Waals surface area contributed by atoms with Gasteiger partial charge >= 0.3 is 0 Å². The standard InChI is InChI=1S/C15H15ClN2O3/c1-10(19)13-9-14(11-3-5-12(16)6-4-11)17-18(15(13)20)7-8-21-2/h3-6,9H,7-8H2,1-2H3. The van der Waals surface area contributed by atoms with Crippen molar-refractivity contribution in [3.05, 3.63) is 51.3 Å². The van der Waals surface area contributed by atoms with Crippen molar-refractivity contribution in [1.82, 2.24) is 9.78 Å². The second-order valence-electron chi connectivity index (χ2n) is 4.53. The van der Waals surface area contributed by atoms with Gasteiger partial charge in [0.25, 0.3) is 5.56 Å². The number of methoxy groups -OCH3 is 1. The Morgan fingerprint density at radius 3 is 2.57 bits per heavy atom. The van der Waals surface area contributed by atoms with E-state index in [0.29, 0.717) is 17.3 Å². The predicted octanol–water partition coefficient (Wildman–Crippen LogP) is 2.41. The molecule has 0 aliphatic heterocycles. The van der Waals surface area contributed by atoms with E-state index in [0.717, 1.165) is 5.56 Å². The largest absolute Gasteiger partial charge is 0.383 e. The van der Waals surface area contributed by atoms with Gasteiger partial charge in [-0.15, -0.1) is 0 Å². The van der Waals surface area contributed by atoms with Crippen molar-refractivity contribution in [3.63, 3.8) is 0 Å². The molecule has 0 aliphatic rings. The van der Waals surface area contributed by atoms with Gasteiger partial charge in [0.1, 0.15) is 0 Å². The van der Waals surface area contributed by atoms with Crippen LogP contribution in [0.4, 0.5) is 0 Å². The van der Waals surface area contributed by atoms with Crippen LogP contribution in [-0.4, -0.2) is 29.3 Å². The Bertz CT molecular complexity index is 708. The maximum atomic E-state index is 12.2. The van der Waals surface area contributed by atoms with E-state index in [1.54, 1.807) is 31.4 Å². The molecule has 21 heavy (non-hydrogen) atoms. The van der Waals surface area contributed by atoms with Gasteiger partial charge in [-0.05, 0) is 25.1 Å². The zero-order valence-corrected chi connectivity index (χ0v) is 12.6. The van der Waals surface area contributed by atoms with Gasteiger partial charge in [0.05, 0.1) is 24.4 Å². The molecule has 0 unspecified atom stereocenters. The minimum Gasteiger partial charge on any atom is -0.383 e. The van der Waals surface area contributed by atoms with Crippen LogP contribution in [0.2, 0.25) is 5.02 Å². The van der Waals surface area contributed by atoms with Gasteiger partial charge in [-0.3, -0.25) is 9.59 Å². The van der Waals surface area contributed by atoms with Crippen LogP contribution in [0.3, 0.4) is 0 Å². The Kier molecular flexibility index (Phi) is 4.88. The van der Waals surface area contributed by atoms with E-state index in [9.17, 15) is 9.59 Å². The topological polar surface area (TPSA) is 61.2 Å². The monoisotopic (exact) mass is 306 g/mol. The van der Waals surface area contributed by atoms with E-state index < -0.39 is 5.56 Å². The molecule has 110 valence electrons. The van der Waals surface area contributed by atoms with Crippen LogP contribution in [0, 0.1) is 0 Å². The highest BCUT2D eigenvalue weighted by Gasteiger charge is 2.13. The van der Waals surface area contributed by atoms with E-state index in [4.69, 9.17) is 16.3 Å². The van der Waals surface area contributed by atoms with Crippen LogP contribution in [0.5, 0.6) is 0 Å². The summed E-state index contributed by atoms with van der Waals surface area (Å²) in [5.41, 5.74) is 1.05. The molecule has 0 amide bonds. The predicted molar refractivity (Wildman–Crippen MR) is 80.8 cm³/mol. The molecule has 6 heteroatoms. The molecule has 2 aromatic rings. The first-order valence-corrected chi connectivity index (χ1v) is 6.78. The van der Waals surface area contributed by atoms with Crippen molar-refractivity contribution >= 4 is 17.4 Å². The smallest absolute Gasteiger partial charge is 0.277 e. The number of aromatic nitrogens is 2. The molecule has 1 aromatic heterocycles. The van der Waals surface area contributed by atoms with Crippen molar-refractivity contribution in [2.45, 2.75) is 13.5 Å². The summed E-state index contributed by atoms with van der Waals surface area (Å²) in [6.07, 6.45) is 0. The Balaban J connectivity index is 2.55. The molecule has 0 fully saturated rings. The number of carbonyl (C=O) groups excluding carboxylic acids is 1. The van der Waals surface area contributed by atoms with Gasteiger partial charge in [0.15, 0.2) is 5.78 Å². The number of hydrogen-bond donors (Lipinski definition) is 0. The quantitative estimate of drug-likeness (QED) is 0.796. The summed E-state index contributed by atoms with van der Waals surface area (Å²) in [4.78, 5) is 23.8. The minimum atomic E-state index is -0.405. The average Bonchev–Trinajstić information content (AvgIpc) is 2.47. The van der Waals surface area contributed by atoms with Gasteiger partial charge in [-0.25, -0.2) is 4.68 Å². The summed E-state index contributed by atoms with van der Waals surface area (Å²) < 4.78 is 6.21. The molecule has 0 saturated heterocycles. The van der Waals surface area contributed by atoms with Crippen molar-refractivity contribution in [2.75, 3.05) is 13.7 Å². The lowest BCUT2D eigenvalue weighted by Gasteiger charge is -2.09. The fraction of sp³-hybridized carbons (Fsp3) is 0.267. The van der Waals surface area contributed by atoms with Gasteiger partial charge in [-0.2, -0.15) is 5.10 Å². The molecule has 0 N–H and O–H groups in total. The van der Waals surface area contributed by atoms with Crippen molar-refractivity contribution in [1.29, 1.82) is 0 Å². The lowest BCUT2D eigenvalue weighted by Crippen LogP contribution is -2.29. The van der Waals surface area contributed by atoms with E-state index in [1.165, 1.54) is 17.7 Å². The first-order valence-electron chi connectivity index (χ1n) is 6.41. The third-order valence-corrected chi connectivity index (χ3v) is 3.25.